The van der Waals surface area contributed by atoms with E-state index in [4.69, 9.17) is 15.1 Å². The Morgan fingerprint density at radius 1 is 0.909 bits per heavy atom. The lowest BCUT2D eigenvalue weighted by molar-refractivity contribution is 0.529. The van der Waals surface area contributed by atoms with Crippen LogP contribution in [0.2, 0.25) is 0 Å². The van der Waals surface area contributed by atoms with Gasteiger partial charge in [-0.25, -0.2) is 14.8 Å². The van der Waals surface area contributed by atoms with Crippen molar-refractivity contribution in [1.82, 2.24) is 40.4 Å². The Morgan fingerprint density at radius 2 is 1.73 bits per heavy atom. The molecule has 0 radical (unpaired) electrons. The maximum Gasteiger partial charge on any atom is 0.180 e. The monoisotopic (exact) mass is 444 g/mol. The molecular formula is C25H32N8. The molecule has 3 aromatic heterocycles. The normalized spacial score (nSPS) is 11.2. The largest absolute Gasteiger partial charge is 0.256 e. The van der Waals surface area contributed by atoms with Gasteiger partial charge in [0.1, 0.15) is 5.82 Å². The molecule has 1 aromatic carbocycles. The first kappa shape index (κ1) is 22.8. The molecule has 0 spiro atoms. The summed E-state index contributed by atoms with van der Waals surface area (Å²) in [6.07, 6.45) is 10.7. The van der Waals surface area contributed by atoms with Crippen LogP contribution in [-0.2, 0) is 19.4 Å². The maximum absolute atomic E-state index is 4.88. The molecule has 33 heavy (non-hydrogen) atoms. The number of nitrogens with zero attached hydrogens (tertiary/aromatic N) is 7. The van der Waals surface area contributed by atoms with Crippen LogP contribution in [0.4, 0.5) is 0 Å². The molecule has 0 bridgehead atoms. The van der Waals surface area contributed by atoms with Crippen LogP contribution >= 0.6 is 0 Å². The van der Waals surface area contributed by atoms with Gasteiger partial charge in [0.2, 0.25) is 0 Å². The SMILES string of the molecule is CCCCCc1nc(Cc2ccc(-c3ccccc3-c3nnn[nH]3)nc2)n(CCCCC)n1. The second-order valence-corrected chi connectivity index (χ2v) is 8.36. The van der Waals surface area contributed by atoms with Gasteiger partial charge in [-0.1, -0.05) is 69.9 Å². The number of benzene rings is 1. The molecule has 0 aliphatic heterocycles. The first-order valence-corrected chi connectivity index (χ1v) is 12.0. The van der Waals surface area contributed by atoms with Crippen molar-refractivity contribution in [1.29, 1.82) is 0 Å². The average Bonchev–Trinajstić information content (AvgIpc) is 3.51. The third-order valence-electron chi connectivity index (χ3n) is 5.76. The number of H-pyrrole nitrogens is 1. The van der Waals surface area contributed by atoms with Gasteiger partial charge in [-0.15, -0.1) is 5.10 Å². The first-order valence-electron chi connectivity index (χ1n) is 12.0. The van der Waals surface area contributed by atoms with Crippen LogP contribution < -0.4 is 0 Å². The van der Waals surface area contributed by atoms with Crippen LogP contribution in [0.15, 0.2) is 42.6 Å². The van der Waals surface area contributed by atoms with E-state index < -0.39 is 0 Å². The Balaban J connectivity index is 1.52. The van der Waals surface area contributed by atoms with E-state index in [2.05, 4.69) is 51.3 Å². The summed E-state index contributed by atoms with van der Waals surface area (Å²) < 4.78 is 2.11. The van der Waals surface area contributed by atoms with E-state index in [1.165, 1.54) is 25.7 Å². The second kappa shape index (κ2) is 11.4. The Labute approximate surface area is 194 Å². The van der Waals surface area contributed by atoms with Gasteiger partial charge in [-0.2, -0.15) is 5.10 Å². The number of aryl methyl sites for hydroxylation is 2. The van der Waals surface area contributed by atoms with Crippen molar-refractivity contribution in [3.63, 3.8) is 0 Å². The van der Waals surface area contributed by atoms with Crippen LogP contribution in [-0.4, -0.2) is 40.4 Å². The van der Waals surface area contributed by atoms with Crippen molar-refractivity contribution < 1.29 is 0 Å². The summed E-state index contributed by atoms with van der Waals surface area (Å²) in [5.74, 6) is 2.63. The Bertz CT molecular complexity index is 1120. The zero-order valence-electron chi connectivity index (χ0n) is 19.5. The highest BCUT2D eigenvalue weighted by molar-refractivity contribution is 5.78. The molecular weight excluding hydrogens is 412 g/mol. The first-order chi connectivity index (χ1) is 16.3. The number of aromatic nitrogens is 8. The molecule has 172 valence electrons. The van der Waals surface area contributed by atoms with Crippen molar-refractivity contribution in [2.24, 2.45) is 0 Å². The van der Waals surface area contributed by atoms with Gasteiger partial charge in [-0.05, 0) is 34.9 Å². The Kier molecular flexibility index (Phi) is 7.90. The minimum Gasteiger partial charge on any atom is -0.256 e. The van der Waals surface area contributed by atoms with Gasteiger partial charge in [0.25, 0.3) is 0 Å². The van der Waals surface area contributed by atoms with Crippen molar-refractivity contribution in [3.8, 4) is 22.6 Å². The number of hydrogen-bond donors (Lipinski definition) is 1. The highest BCUT2D eigenvalue weighted by atomic mass is 15.5. The molecule has 4 aromatic rings. The molecule has 0 saturated heterocycles. The van der Waals surface area contributed by atoms with Crippen LogP contribution in [0.1, 0.15) is 69.6 Å². The zero-order valence-corrected chi connectivity index (χ0v) is 19.5. The highest BCUT2D eigenvalue weighted by Gasteiger charge is 2.13. The predicted octanol–water partition coefficient (Wildman–Crippen LogP) is 5.03. The second-order valence-electron chi connectivity index (χ2n) is 8.36. The third-order valence-corrected chi connectivity index (χ3v) is 5.76. The fourth-order valence-corrected chi connectivity index (χ4v) is 3.94. The topological polar surface area (TPSA) is 98.1 Å². The number of aromatic amines is 1. The highest BCUT2D eigenvalue weighted by Crippen LogP contribution is 2.28. The molecule has 0 fully saturated rings. The molecule has 0 saturated carbocycles. The molecule has 0 atom stereocenters. The lowest BCUT2D eigenvalue weighted by Gasteiger charge is -2.08. The zero-order chi connectivity index (χ0) is 22.9. The maximum atomic E-state index is 4.88. The van der Waals surface area contributed by atoms with E-state index in [1.807, 2.05) is 30.5 Å². The number of rotatable bonds is 12. The van der Waals surface area contributed by atoms with Crippen LogP contribution in [0, 0.1) is 0 Å². The number of hydrogen-bond acceptors (Lipinski definition) is 6. The summed E-state index contributed by atoms with van der Waals surface area (Å²) in [6.45, 7) is 5.37. The van der Waals surface area contributed by atoms with Gasteiger partial charge < -0.3 is 0 Å². The van der Waals surface area contributed by atoms with E-state index in [-0.39, 0.29) is 0 Å². The number of nitrogens with one attached hydrogen (secondary N) is 1. The summed E-state index contributed by atoms with van der Waals surface area (Å²) in [5, 5.41) is 19.1. The van der Waals surface area contributed by atoms with Gasteiger partial charge in [0.15, 0.2) is 11.6 Å². The molecule has 0 aliphatic rings. The third kappa shape index (κ3) is 5.88. The lowest BCUT2D eigenvalue weighted by Crippen LogP contribution is -2.07. The summed E-state index contributed by atoms with van der Waals surface area (Å²) in [5.41, 5.74) is 3.93. The molecule has 8 nitrogen and oxygen atoms in total. The summed E-state index contributed by atoms with van der Waals surface area (Å²) in [7, 11) is 0. The van der Waals surface area contributed by atoms with Crippen molar-refractivity contribution >= 4 is 0 Å². The summed E-state index contributed by atoms with van der Waals surface area (Å²) >= 11 is 0. The standard InChI is InChI=1S/C25H32N8/c1-3-5-7-13-23-27-24(33(30-23)16-10-6-4-2)17-19-14-15-22(26-18-19)20-11-8-9-12-21(20)25-28-31-32-29-25/h8-9,11-12,14-15,18H,3-7,10,13,16-17H2,1-2H3,(H,28,29,31,32). The van der Waals surface area contributed by atoms with Crippen molar-refractivity contribution in [2.45, 2.75) is 71.8 Å². The average molecular weight is 445 g/mol. The van der Waals surface area contributed by atoms with Gasteiger partial charge in [-0.3, -0.25) is 4.98 Å². The van der Waals surface area contributed by atoms with E-state index in [1.54, 1.807) is 0 Å². The summed E-state index contributed by atoms with van der Waals surface area (Å²) in [6, 6.07) is 12.2. The van der Waals surface area contributed by atoms with Gasteiger partial charge in [0, 0.05) is 36.7 Å². The number of pyridine rings is 1. The predicted molar refractivity (Wildman–Crippen MR) is 128 cm³/mol. The quantitative estimate of drug-likeness (QED) is 0.308. The van der Waals surface area contributed by atoms with E-state index in [0.717, 1.165) is 66.3 Å². The number of tetrazole rings is 1. The summed E-state index contributed by atoms with van der Waals surface area (Å²) in [4.78, 5) is 9.63. The molecule has 0 amide bonds. The number of unbranched alkanes of at least 4 members (excludes halogenated alkanes) is 4. The molecule has 3 heterocycles. The fraction of sp³-hybridized carbons (Fsp3) is 0.440. The van der Waals surface area contributed by atoms with E-state index >= 15 is 0 Å². The minimum atomic E-state index is 0.632. The Morgan fingerprint density at radius 3 is 2.45 bits per heavy atom. The Hall–Kier alpha value is -3.42. The molecule has 4 rings (SSSR count). The smallest absolute Gasteiger partial charge is 0.180 e. The van der Waals surface area contributed by atoms with Gasteiger partial charge >= 0.3 is 0 Å². The minimum absolute atomic E-state index is 0.632. The van der Waals surface area contributed by atoms with Gasteiger partial charge in [0.05, 0.1) is 5.69 Å². The van der Waals surface area contributed by atoms with E-state index in [0.29, 0.717) is 5.82 Å². The molecule has 0 aliphatic carbocycles. The molecule has 8 heteroatoms. The van der Waals surface area contributed by atoms with Crippen LogP contribution in [0.3, 0.4) is 0 Å². The fourth-order valence-electron chi connectivity index (χ4n) is 3.94. The van der Waals surface area contributed by atoms with Crippen molar-refractivity contribution in [2.75, 3.05) is 0 Å². The van der Waals surface area contributed by atoms with E-state index in [9.17, 15) is 0 Å². The lowest BCUT2D eigenvalue weighted by atomic mass is 10.0. The molecule has 0 unspecified atom stereocenters. The van der Waals surface area contributed by atoms with Crippen LogP contribution in [0.25, 0.3) is 22.6 Å². The van der Waals surface area contributed by atoms with Crippen LogP contribution in [0.5, 0.6) is 0 Å². The van der Waals surface area contributed by atoms with Crippen molar-refractivity contribution in [3.05, 3.63) is 59.8 Å². The molecule has 1 N–H and O–H groups in total.